The number of nitrogens with one attached hydrogen (secondary N) is 1. The van der Waals surface area contributed by atoms with Crippen LogP contribution in [0.3, 0.4) is 0 Å². The minimum atomic E-state index is -0.780. The number of rotatable bonds is 9. The van der Waals surface area contributed by atoms with Crippen LogP contribution in [-0.4, -0.2) is 47.7 Å². The van der Waals surface area contributed by atoms with E-state index in [9.17, 15) is 14.4 Å². The number of ether oxygens (including phenoxy) is 2. The summed E-state index contributed by atoms with van der Waals surface area (Å²) < 4.78 is 10.3. The third kappa shape index (κ3) is 8.88. The molecule has 0 unspecified atom stereocenters. The van der Waals surface area contributed by atoms with E-state index in [-0.39, 0.29) is 25.6 Å². The van der Waals surface area contributed by atoms with Crippen molar-refractivity contribution < 1.29 is 23.9 Å². The molecule has 0 bridgehead atoms. The van der Waals surface area contributed by atoms with Crippen molar-refractivity contribution in [1.29, 1.82) is 0 Å². The molecule has 156 valence electrons. The molecule has 1 atom stereocenters. The average Bonchev–Trinajstić information content (AvgIpc) is 2.59. The zero-order valence-electron chi connectivity index (χ0n) is 17.5. The van der Waals surface area contributed by atoms with E-state index in [0.29, 0.717) is 12.8 Å². The highest BCUT2D eigenvalue weighted by atomic mass is 16.6. The van der Waals surface area contributed by atoms with Crippen molar-refractivity contribution in [3.05, 3.63) is 35.9 Å². The molecule has 0 radical (unpaired) electrons. The van der Waals surface area contributed by atoms with Crippen molar-refractivity contribution in [2.75, 3.05) is 13.2 Å². The van der Waals surface area contributed by atoms with Gasteiger partial charge in [0.1, 0.15) is 18.2 Å². The fourth-order valence-corrected chi connectivity index (χ4v) is 2.59. The molecule has 0 spiro atoms. The lowest BCUT2D eigenvalue weighted by molar-refractivity contribution is -0.150. The highest BCUT2D eigenvalue weighted by Crippen LogP contribution is 2.12. The van der Waals surface area contributed by atoms with Gasteiger partial charge >= 0.3 is 12.1 Å². The Hall–Kier alpha value is -2.57. The number of hydrogen-bond donors (Lipinski definition) is 1. The quantitative estimate of drug-likeness (QED) is 0.652. The summed E-state index contributed by atoms with van der Waals surface area (Å²) in [5, 5.41) is 2.64. The van der Waals surface area contributed by atoms with Crippen LogP contribution in [0, 0.1) is 0 Å². The summed E-state index contributed by atoms with van der Waals surface area (Å²) in [7, 11) is 0. The van der Waals surface area contributed by atoms with E-state index in [0.717, 1.165) is 5.56 Å². The molecule has 2 amide bonds. The second-order valence-corrected chi connectivity index (χ2v) is 7.47. The van der Waals surface area contributed by atoms with E-state index in [1.165, 1.54) is 4.90 Å². The van der Waals surface area contributed by atoms with Crippen molar-refractivity contribution in [2.45, 2.75) is 65.6 Å². The Balaban J connectivity index is 2.96. The SMILES string of the molecule is CCC[C@@H](NC(=O)OC(C)(C)C)C(=O)N(CC(=O)OCC)Cc1ccccc1. The minimum absolute atomic E-state index is 0.183. The average molecular weight is 392 g/mol. The Morgan fingerprint density at radius 1 is 1.11 bits per heavy atom. The van der Waals surface area contributed by atoms with Gasteiger partial charge < -0.3 is 19.7 Å². The van der Waals surface area contributed by atoms with E-state index >= 15 is 0 Å². The van der Waals surface area contributed by atoms with Gasteiger partial charge in [0.15, 0.2) is 0 Å². The lowest BCUT2D eigenvalue weighted by atomic mass is 10.1. The van der Waals surface area contributed by atoms with Crippen LogP contribution < -0.4 is 5.32 Å². The van der Waals surface area contributed by atoms with Gasteiger partial charge in [-0.05, 0) is 39.7 Å². The van der Waals surface area contributed by atoms with Crippen LogP contribution in [0.25, 0.3) is 0 Å². The number of carbonyl (C=O) groups is 3. The number of carbonyl (C=O) groups excluding carboxylic acids is 3. The molecule has 0 aromatic heterocycles. The van der Waals surface area contributed by atoms with Crippen LogP contribution in [0.4, 0.5) is 4.79 Å². The third-order valence-corrected chi connectivity index (χ3v) is 3.72. The maximum Gasteiger partial charge on any atom is 0.408 e. The first-order valence-electron chi connectivity index (χ1n) is 9.64. The molecule has 7 heteroatoms. The van der Waals surface area contributed by atoms with Gasteiger partial charge in [0.05, 0.1) is 6.61 Å². The summed E-state index contributed by atoms with van der Waals surface area (Å²) in [5.41, 5.74) is 0.214. The van der Waals surface area contributed by atoms with E-state index < -0.39 is 23.7 Å². The molecule has 0 saturated carbocycles. The van der Waals surface area contributed by atoms with Gasteiger partial charge in [-0.25, -0.2) is 4.79 Å². The summed E-state index contributed by atoms with van der Waals surface area (Å²) >= 11 is 0. The van der Waals surface area contributed by atoms with E-state index in [4.69, 9.17) is 9.47 Å². The van der Waals surface area contributed by atoms with Crippen molar-refractivity contribution >= 4 is 18.0 Å². The number of amides is 2. The van der Waals surface area contributed by atoms with Crippen LogP contribution in [-0.2, 0) is 25.6 Å². The fraction of sp³-hybridized carbons (Fsp3) is 0.571. The zero-order valence-corrected chi connectivity index (χ0v) is 17.5. The van der Waals surface area contributed by atoms with Crippen LogP contribution in [0.2, 0.25) is 0 Å². The maximum absolute atomic E-state index is 13.1. The van der Waals surface area contributed by atoms with E-state index in [1.807, 2.05) is 37.3 Å². The molecule has 7 nitrogen and oxygen atoms in total. The van der Waals surface area contributed by atoms with Gasteiger partial charge in [0.2, 0.25) is 5.91 Å². The van der Waals surface area contributed by atoms with Gasteiger partial charge in [-0.3, -0.25) is 9.59 Å². The second-order valence-electron chi connectivity index (χ2n) is 7.47. The monoisotopic (exact) mass is 392 g/mol. The lowest BCUT2D eigenvalue weighted by Crippen LogP contribution is -2.50. The zero-order chi connectivity index (χ0) is 21.2. The molecular formula is C21H32N2O5. The summed E-state index contributed by atoms with van der Waals surface area (Å²) in [6, 6.07) is 8.59. The topological polar surface area (TPSA) is 84.9 Å². The molecule has 0 fully saturated rings. The number of hydrogen-bond acceptors (Lipinski definition) is 5. The minimum Gasteiger partial charge on any atom is -0.465 e. The molecule has 0 saturated heterocycles. The van der Waals surface area contributed by atoms with Crippen LogP contribution in [0.1, 0.15) is 53.0 Å². The molecule has 0 aliphatic heterocycles. The molecule has 1 rings (SSSR count). The fourth-order valence-electron chi connectivity index (χ4n) is 2.59. The van der Waals surface area contributed by atoms with Gasteiger partial charge in [-0.15, -0.1) is 0 Å². The van der Waals surface area contributed by atoms with Gasteiger partial charge in [0, 0.05) is 6.54 Å². The smallest absolute Gasteiger partial charge is 0.408 e. The van der Waals surface area contributed by atoms with Crippen LogP contribution in [0.15, 0.2) is 30.3 Å². The van der Waals surface area contributed by atoms with Crippen molar-refractivity contribution in [3.63, 3.8) is 0 Å². The Bertz CT molecular complexity index is 640. The van der Waals surface area contributed by atoms with Gasteiger partial charge in [0.25, 0.3) is 0 Å². The first-order valence-corrected chi connectivity index (χ1v) is 9.64. The lowest BCUT2D eigenvalue weighted by Gasteiger charge is -2.28. The Labute approximate surface area is 167 Å². The van der Waals surface area contributed by atoms with E-state index in [1.54, 1.807) is 27.7 Å². The number of nitrogens with zero attached hydrogens (tertiary/aromatic N) is 1. The summed E-state index contributed by atoms with van der Waals surface area (Å²) in [4.78, 5) is 38.7. The number of esters is 1. The predicted octanol–water partition coefficient (Wildman–Crippen LogP) is 3.27. The normalized spacial score (nSPS) is 12.0. The molecule has 1 N–H and O–H groups in total. The predicted molar refractivity (Wildman–Crippen MR) is 107 cm³/mol. The molecule has 1 aromatic rings. The van der Waals surface area contributed by atoms with Gasteiger partial charge in [-0.2, -0.15) is 0 Å². The first-order chi connectivity index (χ1) is 13.2. The highest BCUT2D eigenvalue weighted by Gasteiger charge is 2.29. The molecule has 0 aliphatic carbocycles. The summed E-state index contributed by atoms with van der Waals surface area (Å²) in [6.07, 6.45) is 0.465. The Morgan fingerprint density at radius 2 is 1.75 bits per heavy atom. The van der Waals surface area contributed by atoms with Crippen LogP contribution >= 0.6 is 0 Å². The largest absolute Gasteiger partial charge is 0.465 e. The number of benzene rings is 1. The molecule has 1 aromatic carbocycles. The Morgan fingerprint density at radius 3 is 2.29 bits per heavy atom. The van der Waals surface area contributed by atoms with E-state index in [2.05, 4.69) is 5.32 Å². The Kier molecular flexibility index (Phi) is 9.48. The third-order valence-electron chi connectivity index (χ3n) is 3.72. The highest BCUT2D eigenvalue weighted by molar-refractivity contribution is 5.88. The molecule has 0 aliphatic rings. The second kappa shape index (κ2) is 11.3. The number of alkyl carbamates (subject to hydrolysis) is 1. The maximum atomic E-state index is 13.1. The molecule has 28 heavy (non-hydrogen) atoms. The van der Waals surface area contributed by atoms with Crippen molar-refractivity contribution in [1.82, 2.24) is 10.2 Å². The molecule has 0 heterocycles. The molecular weight excluding hydrogens is 360 g/mol. The summed E-state index contributed by atoms with van der Waals surface area (Å²) in [5.74, 6) is -0.830. The van der Waals surface area contributed by atoms with Crippen LogP contribution in [0.5, 0.6) is 0 Å². The van der Waals surface area contributed by atoms with Crippen molar-refractivity contribution in [3.8, 4) is 0 Å². The first kappa shape index (κ1) is 23.5. The van der Waals surface area contributed by atoms with Crippen molar-refractivity contribution in [2.24, 2.45) is 0 Å². The van der Waals surface area contributed by atoms with Gasteiger partial charge in [-0.1, -0.05) is 43.7 Å². The standard InChI is InChI=1S/C21H32N2O5/c1-6-11-17(22-20(26)28-21(3,4)5)19(25)23(15-18(24)27-7-2)14-16-12-9-8-10-13-16/h8-10,12-13,17H,6-7,11,14-15H2,1-5H3,(H,22,26)/t17-/m1/s1. The summed E-state index contributed by atoms with van der Waals surface area (Å²) in [6.45, 7) is 9.20.